The third kappa shape index (κ3) is 15.9. The van der Waals surface area contributed by atoms with Crippen LogP contribution in [0.1, 0.15) is 55.6 Å². The Morgan fingerprint density at radius 1 is 0.200 bits per heavy atom. The first-order valence-electron chi connectivity index (χ1n) is 31.4. The molecule has 0 N–H and O–H groups in total. The summed E-state index contributed by atoms with van der Waals surface area (Å²) in [7, 11) is 0. The number of pyridine rings is 5. The summed E-state index contributed by atoms with van der Waals surface area (Å²) < 4.78 is 70.9. The topological polar surface area (TPSA) is 64.5 Å². The van der Waals surface area contributed by atoms with Crippen LogP contribution in [-0.4, -0.2) is 24.9 Å². The van der Waals surface area contributed by atoms with Crippen LogP contribution in [-0.2, 0) is 0 Å². The van der Waals surface area contributed by atoms with Crippen molar-refractivity contribution in [3.63, 3.8) is 0 Å². The van der Waals surface area contributed by atoms with Gasteiger partial charge in [0, 0.05) is 85.1 Å². The summed E-state index contributed by atoms with van der Waals surface area (Å²) in [4.78, 5) is 22.8. The van der Waals surface area contributed by atoms with E-state index in [2.05, 4.69) is 37.1 Å². The van der Waals surface area contributed by atoms with Crippen LogP contribution in [0.15, 0.2) is 243 Å². The molecule has 15 rings (SSSR count). The maximum atomic E-state index is 14.4. The Morgan fingerprint density at radius 3 is 0.968 bits per heavy atom. The van der Waals surface area contributed by atoms with Crippen molar-refractivity contribution in [2.24, 2.45) is 0 Å². The highest BCUT2D eigenvalue weighted by Gasteiger charge is 2.14. The van der Waals surface area contributed by atoms with Crippen molar-refractivity contribution in [2.75, 3.05) is 0 Å². The second-order valence-corrected chi connectivity index (χ2v) is 24.4. The van der Waals surface area contributed by atoms with E-state index in [0.29, 0.717) is 83.0 Å². The molecule has 0 bridgehead atoms. The minimum absolute atomic E-state index is 0.206. The van der Waals surface area contributed by atoms with Gasteiger partial charge in [-0.25, -0.2) is 46.9 Å². The van der Waals surface area contributed by atoms with Crippen molar-refractivity contribution in [2.45, 2.75) is 69.2 Å². The fraction of sp³-hybridized carbons (Fsp3) is 0.118. The molecule has 0 unspecified atom stereocenters. The molecule has 0 saturated heterocycles. The Morgan fingerprint density at radius 2 is 0.526 bits per heavy atom. The number of hydrogen-bond donors (Lipinski definition) is 0. The number of aromatic nitrogens is 5. The molecule has 10 heteroatoms. The largest absolute Gasteiger partial charge is 0.248 e. The van der Waals surface area contributed by atoms with Gasteiger partial charge in [-0.05, 0) is 165 Å². The summed E-state index contributed by atoms with van der Waals surface area (Å²) in [6.45, 7) is 19.9. The van der Waals surface area contributed by atoms with Crippen molar-refractivity contribution in [1.82, 2.24) is 24.9 Å². The van der Waals surface area contributed by atoms with Crippen LogP contribution < -0.4 is 0 Å². The van der Waals surface area contributed by atoms with Gasteiger partial charge >= 0.3 is 0 Å². The monoisotopic (exact) mass is 1260 g/mol. The number of rotatable bonds is 5. The van der Waals surface area contributed by atoms with Gasteiger partial charge in [-0.15, -0.1) is 0 Å². The summed E-state index contributed by atoms with van der Waals surface area (Å²) >= 11 is 0. The maximum Gasteiger partial charge on any atom is 0.135 e. The molecule has 5 aromatic heterocycles. The summed E-state index contributed by atoms with van der Waals surface area (Å²) in [6.07, 6.45) is 0. The van der Waals surface area contributed by atoms with Crippen molar-refractivity contribution in [3.8, 4) is 56.3 Å². The Bertz CT molecular complexity index is 5280. The summed E-state index contributed by atoms with van der Waals surface area (Å²) in [5.41, 5.74) is 22.5. The fourth-order valence-electron chi connectivity index (χ4n) is 11.6. The standard InChI is InChI=1S/2C18H16FN.C17H14FN.2C16H12FN/c1-11-4-5-17-15(9-11)16(19)10-18(20-17)14-7-12(2)6-13(3)8-14;1-11-7-12(2)9-14(8-11)17-10-15(19)18-13(3)5-4-6-16(18)20-17;1-11-4-3-5-13(8-11)17-10-15(18)14-9-12(2)6-7-16(14)19-17;1-11-7-8-15-13(9-11)14(17)10-16(18-15)12-5-3-2-4-6-12;1-11-7-8-13-14(17)10-15(18-16(13)9-11)12-5-3-2-4-6-12/h2*4-10H,1-3H3;3-10H,1-2H3;2*2-10H,1H3. The average molecular weight is 1260 g/mol. The number of aryl methyl sites for hydroxylation is 10. The number of hydrogen-bond acceptors (Lipinski definition) is 5. The van der Waals surface area contributed by atoms with E-state index in [1.54, 1.807) is 6.07 Å². The highest BCUT2D eigenvalue weighted by atomic mass is 19.1. The van der Waals surface area contributed by atoms with E-state index in [-0.39, 0.29) is 29.1 Å². The van der Waals surface area contributed by atoms with Crippen LogP contribution in [0.25, 0.3) is 111 Å². The number of benzene rings is 10. The van der Waals surface area contributed by atoms with Gasteiger partial charge in [0.05, 0.1) is 56.1 Å². The zero-order valence-corrected chi connectivity index (χ0v) is 54.7. The molecule has 0 aliphatic rings. The lowest BCUT2D eigenvalue weighted by atomic mass is 10.0. The highest BCUT2D eigenvalue weighted by molar-refractivity contribution is 5.88. The van der Waals surface area contributed by atoms with Crippen LogP contribution in [0, 0.1) is 98.3 Å². The van der Waals surface area contributed by atoms with Crippen LogP contribution in [0.3, 0.4) is 0 Å². The summed E-state index contributed by atoms with van der Waals surface area (Å²) in [6, 6.07) is 75.4. The van der Waals surface area contributed by atoms with E-state index in [1.165, 1.54) is 30.3 Å². The zero-order chi connectivity index (χ0) is 67.0. The minimum Gasteiger partial charge on any atom is -0.248 e. The van der Waals surface area contributed by atoms with Gasteiger partial charge in [-0.3, -0.25) is 0 Å². The quantitative estimate of drug-likeness (QED) is 0.161. The molecule has 0 aliphatic heterocycles. The van der Waals surface area contributed by atoms with Crippen LogP contribution in [0.4, 0.5) is 22.0 Å². The van der Waals surface area contributed by atoms with E-state index in [9.17, 15) is 22.0 Å². The predicted molar refractivity (Wildman–Crippen MR) is 383 cm³/mol. The van der Waals surface area contributed by atoms with Crippen molar-refractivity contribution >= 4 is 54.5 Å². The van der Waals surface area contributed by atoms with Crippen molar-refractivity contribution in [1.29, 1.82) is 0 Å². The minimum atomic E-state index is -0.223. The van der Waals surface area contributed by atoms with Crippen molar-refractivity contribution in [3.05, 3.63) is 327 Å². The number of halogens is 5. The molecule has 5 nitrogen and oxygen atoms in total. The second-order valence-electron chi connectivity index (χ2n) is 24.4. The van der Waals surface area contributed by atoms with Gasteiger partial charge < -0.3 is 0 Å². The molecule has 5 heterocycles. The van der Waals surface area contributed by atoms with Gasteiger partial charge in [0.25, 0.3) is 0 Å². The Hall–Kier alpha value is -11.1. The molecule has 0 saturated carbocycles. The molecule has 15 aromatic rings. The molecule has 0 aliphatic carbocycles. The first-order chi connectivity index (χ1) is 45.7. The van der Waals surface area contributed by atoms with Crippen LogP contribution in [0.2, 0.25) is 0 Å². The van der Waals surface area contributed by atoms with Gasteiger partial charge in [0.2, 0.25) is 0 Å². The van der Waals surface area contributed by atoms with Gasteiger partial charge in [-0.2, -0.15) is 0 Å². The fourth-order valence-corrected chi connectivity index (χ4v) is 11.6. The zero-order valence-electron chi connectivity index (χ0n) is 54.7. The van der Waals surface area contributed by atoms with Gasteiger partial charge in [0.1, 0.15) is 29.1 Å². The molecule has 0 fully saturated rings. The highest BCUT2D eigenvalue weighted by Crippen LogP contribution is 2.32. The molecule has 0 spiro atoms. The van der Waals surface area contributed by atoms with E-state index in [1.807, 2.05) is 263 Å². The van der Waals surface area contributed by atoms with E-state index in [0.717, 1.165) is 83.5 Å². The SMILES string of the molecule is Cc1cc(C)cc(-c2cc(F)c3c(C)cccc3n2)c1.Cc1cc(C)cc(-c2cc(F)c3cc(C)ccc3n2)c1.Cc1ccc2c(F)cc(-c3ccccc3)nc2c1.Cc1ccc2nc(-c3ccccc3)cc(F)c2c1.Cc1cccc(-c2cc(F)c3cc(C)ccc3n2)c1. The first kappa shape index (κ1) is 65.4. The average Bonchev–Trinajstić information content (AvgIpc) is 1.05. The molecule has 0 atom stereocenters. The maximum absolute atomic E-state index is 14.4. The molecule has 10 aromatic carbocycles. The number of nitrogens with zero attached hydrogens (tertiary/aromatic N) is 5. The van der Waals surface area contributed by atoms with Gasteiger partial charge in [-0.1, -0.05) is 172 Å². The van der Waals surface area contributed by atoms with Crippen LogP contribution in [0.5, 0.6) is 0 Å². The first-order valence-corrected chi connectivity index (χ1v) is 31.4. The molecule has 470 valence electrons. The summed E-state index contributed by atoms with van der Waals surface area (Å²) in [5.74, 6) is -1.08. The van der Waals surface area contributed by atoms with E-state index >= 15 is 0 Å². The Labute approximate surface area is 551 Å². The summed E-state index contributed by atoms with van der Waals surface area (Å²) in [5, 5.41) is 2.92. The Balaban J connectivity index is 0.000000121. The second kappa shape index (κ2) is 28.8. The molecule has 95 heavy (non-hydrogen) atoms. The Kier molecular flexibility index (Phi) is 19.8. The number of fused-ring (bicyclic) bond motifs is 5. The normalized spacial score (nSPS) is 10.9. The molecular formula is C85H70F5N5. The third-order valence-corrected chi connectivity index (χ3v) is 16.1. The lowest BCUT2D eigenvalue weighted by Gasteiger charge is -2.08. The lowest BCUT2D eigenvalue weighted by Crippen LogP contribution is -1.92. The smallest absolute Gasteiger partial charge is 0.135 e. The molecular weight excluding hydrogens is 1190 g/mol. The van der Waals surface area contributed by atoms with E-state index < -0.39 is 0 Å². The predicted octanol–water partition coefficient (Wildman–Crippen LogP) is 23.3. The molecule has 0 amide bonds. The lowest BCUT2D eigenvalue weighted by molar-refractivity contribution is 0.638. The van der Waals surface area contributed by atoms with Gasteiger partial charge in [0.15, 0.2) is 0 Å². The van der Waals surface area contributed by atoms with E-state index in [4.69, 9.17) is 0 Å². The van der Waals surface area contributed by atoms with Crippen molar-refractivity contribution < 1.29 is 22.0 Å². The third-order valence-electron chi connectivity index (χ3n) is 16.1. The molecule has 0 radical (unpaired) electrons. The van der Waals surface area contributed by atoms with Crippen LogP contribution >= 0.6 is 0 Å².